The maximum atomic E-state index is 12.9. The van der Waals surface area contributed by atoms with E-state index in [4.69, 9.17) is 32.7 Å². The van der Waals surface area contributed by atoms with Gasteiger partial charge >= 0.3 is 11.7 Å². The summed E-state index contributed by atoms with van der Waals surface area (Å²) in [6, 6.07) is 6.92. The number of halogens is 2. The van der Waals surface area contributed by atoms with Gasteiger partial charge in [-0.15, -0.1) is 0 Å². The summed E-state index contributed by atoms with van der Waals surface area (Å²) in [6.45, 7) is 1.14. The lowest BCUT2D eigenvalue weighted by Gasteiger charge is -2.30. The van der Waals surface area contributed by atoms with Crippen molar-refractivity contribution in [3.05, 3.63) is 56.1 Å². The number of sulfonamides is 1. The van der Waals surface area contributed by atoms with Crippen molar-refractivity contribution < 1.29 is 32.4 Å². The summed E-state index contributed by atoms with van der Waals surface area (Å²) in [5, 5.41) is 13.7. The number of hydrogen-bond acceptors (Lipinski definition) is 8. The number of carbonyl (C=O) groups excluding carboxylic acids is 2. The standard InChI is InChI=1S/C22H23Cl2N3O8S/c1-13-10-17(27(30)31)18(34-2)11-16(13)25-20(28)12-35-22(29)14-6-8-26(9-7-14)36(32,33)19-5-3-4-15(23)21(19)24/h3-5,10-11,14H,6-9,12H2,1-2H3,(H,25,28). The van der Waals surface area contributed by atoms with Gasteiger partial charge in [0.25, 0.3) is 5.91 Å². The largest absolute Gasteiger partial charge is 0.490 e. The van der Waals surface area contributed by atoms with E-state index < -0.39 is 39.3 Å². The Bertz CT molecular complexity index is 1290. The van der Waals surface area contributed by atoms with E-state index in [0.717, 1.165) is 0 Å². The summed E-state index contributed by atoms with van der Waals surface area (Å²) in [5.41, 5.74) is 0.456. The molecule has 1 heterocycles. The lowest BCUT2D eigenvalue weighted by Crippen LogP contribution is -2.41. The Morgan fingerprint density at radius 2 is 1.89 bits per heavy atom. The predicted molar refractivity (Wildman–Crippen MR) is 132 cm³/mol. The number of anilines is 1. The van der Waals surface area contributed by atoms with Crippen LogP contribution >= 0.6 is 23.2 Å². The average Bonchev–Trinajstić information content (AvgIpc) is 2.85. The Morgan fingerprint density at radius 3 is 2.50 bits per heavy atom. The minimum atomic E-state index is -3.89. The van der Waals surface area contributed by atoms with Gasteiger partial charge in [0.15, 0.2) is 12.4 Å². The van der Waals surface area contributed by atoms with Gasteiger partial charge < -0.3 is 14.8 Å². The van der Waals surface area contributed by atoms with E-state index in [2.05, 4.69) is 5.32 Å². The monoisotopic (exact) mass is 559 g/mol. The van der Waals surface area contributed by atoms with Gasteiger partial charge in [-0.05, 0) is 37.5 Å². The molecule has 1 N–H and O–H groups in total. The number of ether oxygens (including phenoxy) is 2. The third-order valence-corrected chi connectivity index (χ3v) is 8.54. The number of nitrogens with one attached hydrogen (secondary N) is 1. The number of esters is 1. The maximum Gasteiger partial charge on any atom is 0.311 e. The summed E-state index contributed by atoms with van der Waals surface area (Å²) in [4.78, 5) is 35.2. The zero-order valence-electron chi connectivity index (χ0n) is 19.3. The van der Waals surface area contributed by atoms with Crippen molar-refractivity contribution in [1.82, 2.24) is 4.31 Å². The summed E-state index contributed by atoms with van der Waals surface area (Å²) in [5.74, 6) is -1.88. The fourth-order valence-electron chi connectivity index (χ4n) is 3.71. The molecular weight excluding hydrogens is 537 g/mol. The Balaban J connectivity index is 1.55. The SMILES string of the molecule is COc1cc(NC(=O)COC(=O)C2CCN(S(=O)(=O)c3cccc(Cl)c3Cl)CC2)c(C)cc1[N+](=O)[O-]. The van der Waals surface area contributed by atoms with Gasteiger partial charge in [0.05, 0.1) is 28.0 Å². The zero-order valence-corrected chi connectivity index (χ0v) is 21.7. The van der Waals surface area contributed by atoms with Gasteiger partial charge in [-0.2, -0.15) is 4.31 Å². The Hall–Kier alpha value is -2.93. The molecule has 0 aromatic heterocycles. The Labute approximate surface area is 217 Å². The van der Waals surface area contributed by atoms with Gasteiger partial charge in [-0.3, -0.25) is 19.7 Å². The van der Waals surface area contributed by atoms with Crippen LogP contribution in [-0.2, 0) is 24.3 Å². The van der Waals surface area contributed by atoms with Crippen LogP contribution in [0.4, 0.5) is 11.4 Å². The summed E-state index contributed by atoms with van der Waals surface area (Å²) < 4.78 is 37.2. The molecule has 1 aliphatic heterocycles. The summed E-state index contributed by atoms with van der Waals surface area (Å²) >= 11 is 12.0. The third-order valence-electron chi connectivity index (χ3n) is 5.66. The molecule has 36 heavy (non-hydrogen) atoms. The van der Waals surface area contributed by atoms with Crippen molar-refractivity contribution in [3.8, 4) is 5.75 Å². The molecule has 2 aromatic carbocycles. The van der Waals surface area contributed by atoms with Crippen molar-refractivity contribution >= 4 is 56.5 Å². The van der Waals surface area contributed by atoms with E-state index in [1.54, 1.807) is 6.92 Å². The highest BCUT2D eigenvalue weighted by Gasteiger charge is 2.34. The molecule has 0 radical (unpaired) electrons. The van der Waals surface area contributed by atoms with Gasteiger partial charge in [0.2, 0.25) is 10.0 Å². The third kappa shape index (κ3) is 6.06. The number of aryl methyl sites for hydroxylation is 1. The van der Waals surface area contributed by atoms with Gasteiger partial charge in [-0.1, -0.05) is 29.3 Å². The number of piperidine rings is 1. The molecule has 0 bridgehead atoms. The highest BCUT2D eigenvalue weighted by atomic mass is 35.5. The fraction of sp³-hybridized carbons (Fsp3) is 0.364. The molecule has 2 aromatic rings. The number of rotatable bonds is 8. The molecule has 0 saturated carbocycles. The first kappa shape index (κ1) is 27.7. The van der Waals surface area contributed by atoms with Crippen molar-refractivity contribution in [1.29, 1.82) is 0 Å². The summed E-state index contributed by atoms with van der Waals surface area (Å²) in [6.07, 6.45) is 0.410. The van der Waals surface area contributed by atoms with Gasteiger partial charge in [0.1, 0.15) is 4.90 Å². The number of nitrogens with zero attached hydrogens (tertiary/aromatic N) is 2. The summed E-state index contributed by atoms with van der Waals surface area (Å²) in [7, 11) is -2.63. The van der Waals surface area contributed by atoms with Crippen molar-refractivity contribution in [2.24, 2.45) is 5.92 Å². The molecule has 1 aliphatic rings. The molecule has 0 spiro atoms. The fourth-order valence-corrected chi connectivity index (χ4v) is 5.91. The molecule has 11 nitrogen and oxygen atoms in total. The Morgan fingerprint density at radius 1 is 1.22 bits per heavy atom. The second kappa shape index (κ2) is 11.4. The van der Waals surface area contributed by atoms with Crippen molar-refractivity contribution in [2.45, 2.75) is 24.7 Å². The van der Waals surface area contributed by atoms with Crippen LogP contribution in [0.1, 0.15) is 18.4 Å². The molecule has 14 heteroatoms. The van der Waals surface area contributed by atoms with Crippen LogP contribution in [0.2, 0.25) is 10.0 Å². The number of hydrogen-bond donors (Lipinski definition) is 1. The minimum absolute atomic E-state index is 0.0290. The van der Waals surface area contributed by atoms with E-state index in [0.29, 0.717) is 5.56 Å². The molecule has 0 atom stereocenters. The van der Waals surface area contributed by atoms with Crippen LogP contribution in [-0.4, -0.2) is 56.3 Å². The number of nitro groups is 1. The first-order chi connectivity index (χ1) is 16.9. The first-order valence-electron chi connectivity index (χ1n) is 10.7. The molecule has 0 unspecified atom stereocenters. The van der Waals surface area contributed by atoms with Crippen LogP contribution in [0, 0.1) is 23.0 Å². The molecule has 1 saturated heterocycles. The number of amides is 1. The zero-order chi connectivity index (χ0) is 26.6. The molecular formula is C22H23Cl2N3O8S. The van der Waals surface area contributed by atoms with Crippen molar-refractivity contribution in [2.75, 3.05) is 32.1 Å². The normalized spacial score (nSPS) is 14.8. The van der Waals surface area contributed by atoms with Crippen LogP contribution < -0.4 is 10.1 Å². The lowest BCUT2D eigenvalue weighted by molar-refractivity contribution is -0.385. The molecule has 194 valence electrons. The van der Waals surface area contributed by atoms with E-state index in [1.807, 2.05) is 0 Å². The van der Waals surface area contributed by atoms with Crippen molar-refractivity contribution in [3.63, 3.8) is 0 Å². The second-order valence-corrected chi connectivity index (χ2v) is 10.7. The van der Waals surface area contributed by atoms with Gasteiger partial charge in [-0.25, -0.2) is 8.42 Å². The number of carbonyl (C=O) groups is 2. The smallest absolute Gasteiger partial charge is 0.311 e. The molecule has 1 amide bonds. The lowest BCUT2D eigenvalue weighted by atomic mass is 9.98. The number of benzene rings is 2. The van der Waals surface area contributed by atoms with Crippen LogP contribution in [0.15, 0.2) is 35.2 Å². The Kier molecular flexibility index (Phi) is 8.77. The topological polar surface area (TPSA) is 145 Å². The molecule has 1 fully saturated rings. The quantitative estimate of drug-likeness (QED) is 0.292. The minimum Gasteiger partial charge on any atom is -0.490 e. The second-order valence-electron chi connectivity index (χ2n) is 7.98. The molecule has 0 aliphatic carbocycles. The molecule has 3 rings (SSSR count). The maximum absolute atomic E-state index is 12.9. The average molecular weight is 560 g/mol. The van der Waals surface area contributed by atoms with E-state index in [-0.39, 0.29) is 58.0 Å². The predicted octanol–water partition coefficient (Wildman–Crippen LogP) is 3.80. The van der Waals surface area contributed by atoms with Gasteiger partial charge in [0, 0.05) is 30.9 Å². The van der Waals surface area contributed by atoms with Crippen LogP contribution in [0.3, 0.4) is 0 Å². The number of nitro benzene ring substituents is 1. The highest BCUT2D eigenvalue weighted by molar-refractivity contribution is 7.89. The van der Waals surface area contributed by atoms with Crippen LogP contribution in [0.25, 0.3) is 0 Å². The van der Waals surface area contributed by atoms with E-state index in [1.165, 1.54) is 41.7 Å². The van der Waals surface area contributed by atoms with E-state index >= 15 is 0 Å². The number of methoxy groups -OCH3 is 1. The first-order valence-corrected chi connectivity index (χ1v) is 12.9. The highest BCUT2D eigenvalue weighted by Crippen LogP contribution is 2.34. The van der Waals surface area contributed by atoms with Crippen LogP contribution in [0.5, 0.6) is 5.75 Å². The van der Waals surface area contributed by atoms with E-state index in [9.17, 15) is 28.1 Å².